The molecular weight excluding hydrogens is 245 g/mol. The second-order valence-electron chi connectivity index (χ2n) is 4.67. The van der Waals surface area contributed by atoms with E-state index in [4.69, 9.17) is 0 Å². The third-order valence-electron chi connectivity index (χ3n) is 3.63. The number of halogens is 3. The number of carboxylic acid groups (broad SMARTS) is 1. The highest BCUT2D eigenvalue weighted by Gasteiger charge is 2.43. The molecular formula is C13H13F3O2. The van der Waals surface area contributed by atoms with Gasteiger partial charge in [-0.3, -0.25) is 4.79 Å². The number of hydrogen-bond donors (Lipinski definition) is 1. The minimum atomic E-state index is -4.38. The van der Waals surface area contributed by atoms with E-state index in [0.29, 0.717) is 18.4 Å². The average Bonchev–Trinajstić information content (AvgIpc) is 2.78. The van der Waals surface area contributed by atoms with Crippen LogP contribution in [0.4, 0.5) is 13.2 Å². The zero-order valence-electron chi connectivity index (χ0n) is 9.63. The van der Waals surface area contributed by atoms with Crippen molar-refractivity contribution in [2.45, 2.75) is 37.3 Å². The molecule has 0 spiro atoms. The van der Waals surface area contributed by atoms with E-state index in [1.54, 1.807) is 0 Å². The van der Waals surface area contributed by atoms with Gasteiger partial charge in [0.2, 0.25) is 0 Å². The Bertz CT molecular complexity index is 442. The molecule has 0 unspecified atom stereocenters. The van der Waals surface area contributed by atoms with Gasteiger partial charge in [-0.15, -0.1) is 0 Å². The van der Waals surface area contributed by atoms with Crippen LogP contribution in [0.15, 0.2) is 24.3 Å². The van der Waals surface area contributed by atoms with E-state index in [1.165, 1.54) is 12.1 Å². The van der Waals surface area contributed by atoms with E-state index in [1.807, 2.05) is 0 Å². The molecule has 0 saturated heterocycles. The molecule has 1 aromatic rings. The van der Waals surface area contributed by atoms with Gasteiger partial charge in [-0.2, -0.15) is 13.2 Å². The van der Waals surface area contributed by atoms with Crippen LogP contribution in [0.25, 0.3) is 0 Å². The predicted octanol–water partition coefficient (Wildman–Crippen LogP) is 3.60. The molecule has 1 fully saturated rings. The van der Waals surface area contributed by atoms with Crippen molar-refractivity contribution in [1.29, 1.82) is 0 Å². The number of benzene rings is 1. The monoisotopic (exact) mass is 258 g/mol. The number of aliphatic carboxylic acids is 1. The summed E-state index contributed by atoms with van der Waals surface area (Å²) in [6, 6.07) is 4.50. The Morgan fingerprint density at radius 2 is 1.61 bits per heavy atom. The maximum Gasteiger partial charge on any atom is 0.416 e. The van der Waals surface area contributed by atoms with Gasteiger partial charge in [-0.1, -0.05) is 25.0 Å². The molecule has 1 aromatic carbocycles. The first-order valence-electron chi connectivity index (χ1n) is 5.77. The molecule has 5 heteroatoms. The van der Waals surface area contributed by atoms with E-state index in [9.17, 15) is 23.1 Å². The van der Waals surface area contributed by atoms with Crippen molar-refractivity contribution in [3.8, 4) is 0 Å². The maximum atomic E-state index is 12.4. The summed E-state index contributed by atoms with van der Waals surface area (Å²) in [7, 11) is 0. The number of carbonyl (C=O) groups is 1. The number of rotatable bonds is 2. The van der Waals surface area contributed by atoms with Crippen molar-refractivity contribution in [2.75, 3.05) is 0 Å². The number of alkyl halides is 3. The van der Waals surface area contributed by atoms with Gasteiger partial charge >= 0.3 is 12.1 Å². The van der Waals surface area contributed by atoms with E-state index >= 15 is 0 Å². The van der Waals surface area contributed by atoms with Crippen molar-refractivity contribution >= 4 is 5.97 Å². The second kappa shape index (κ2) is 4.30. The Kier molecular flexibility index (Phi) is 3.09. The fourth-order valence-corrected chi connectivity index (χ4v) is 2.58. The number of hydrogen-bond acceptors (Lipinski definition) is 1. The summed E-state index contributed by atoms with van der Waals surface area (Å²) in [6.07, 6.45) is -1.80. The quantitative estimate of drug-likeness (QED) is 0.880. The standard InChI is InChI=1S/C13H13F3O2/c14-13(15,16)10-5-3-9(4-6-10)12(11(17)18)7-1-2-8-12/h3-6H,1-2,7-8H2,(H,17,18). The molecule has 1 aliphatic rings. The number of carboxylic acids is 1. The molecule has 1 N–H and O–H groups in total. The summed E-state index contributed by atoms with van der Waals surface area (Å²) >= 11 is 0. The van der Waals surface area contributed by atoms with E-state index < -0.39 is 23.1 Å². The lowest BCUT2D eigenvalue weighted by atomic mass is 9.79. The van der Waals surface area contributed by atoms with Crippen molar-refractivity contribution in [3.05, 3.63) is 35.4 Å². The molecule has 2 rings (SSSR count). The van der Waals surface area contributed by atoms with Crippen LogP contribution in [0.5, 0.6) is 0 Å². The highest BCUT2D eigenvalue weighted by molar-refractivity contribution is 5.81. The SMILES string of the molecule is O=C(O)C1(c2ccc(C(F)(F)F)cc2)CCCC1. The van der Waals surface area contributed by atoms with Crippen LogP contribution >= 0.6 is 0 Å². The van der Waals surface area contributed by atoms with Gasteiger partial charge in [-0.05, 0) is 30.5 Å². The van der Waals surface area contributed by atoms with Gasteiger partial charge < -0.3 is 5.11 Å². The molecule has 1 saturated carbocycles. The normalized spacial score (nSPS) is 18.8. The van der Waals surface area contributed by atoms with Gasteiger partial charge in [0.15, 0.2) is 0 Å². The van der Waals surface area contributed by atoms with Crippen LogP contribution in [0.3, 0.4) is 0 Å². The highest BCUT2D eigenvalue weighted by Crippen LogP contribution is 2.42. The molecule has 0 amide bonds. The summed E-state index contributed by atoms with van der Waals surface area (Å²) in [4.78, 5) is 11.4. The van der Waals surface area contributed by atoms with E-state index in [0.717, 1.165) is 25.0 Å². The second-order valence-corrected chi connectivity index (χ2v) is 4.67. The molecule has 0 bridgehead atoms. The first-order chi connectivity index (χ1) is 8.36. The summed E-state index contributed by atoms with van der Waals surface area (Å²) in [5.41, 5.74) is -1.27. The summed E-state index contributed by atoms with van der Waals surface area (Å²) in [6.45, 7) is 0. The highest BCUT2D eigenvalue weighted by atomic mass is 19.4. The van der Waals surface area contributed by atoms with Gasteiger partial charge in [0.05, 0.1) is 11.0 Å². The molecule has 0 radical (unpaired) electrons. The molecule has 2 nitrogen and oxygen atoms in total. The van der Waals surface area contributed by atoms with E-state index in [-0.39, 0.29) is 0 Å². The van der Waals surface area contributed by atoms with Crippen molar-refractivity contribution < 1.29 is 23.1 Å². The van der Waals surface area contributed by atoms with Crippen LogP contribution < -0.4 is 0 Å². The molecule has 0 aliphatic heterocycles. The summed E-state index contributed by atoms with van der Waals surface area (Å²) < 4.78 is 37.3. The first kappa shape index (κ1) is 12.9. The minimum Gasteiger partial charge on any atom is -0.481 e. The smallest absolute Gasteiger partial charge is 0.416 e. The average molecular weight is 258 g/mol. The Labute approximate surface area is 102 Å². The largest absolute Gasteiger partial charge is 0.481 e. The van der Waals surface area contributed by atoms with Crippen molar-refractivity contribution in [1.82, 2.24) is 0 Å². The fourth-order valence-electron chi connectivity index (χ4n) is 2.58. The molecule has 98 valence electrons. The zero-order valence-corrected chi connectivity index (χ0v) is 9.63. The summed E-state index contributed by atoms with van der Waals surface area (Å²) in [5.74, 6) is -0.945. The molecule has 18 heavy (non-hydrogen) atoms. The zero-order chi connectivity index (χ0) is 13.4. The maximum absolute atomic E-state index is 12.4. The minimum absolute atomic E-state index is 0.473. The van der Waals surface area contributed by atoms with Gasteiger partial charge in [0, 0.05) is 0 Å². The molecule has 0 atom stereocenters. The van der Waals surface area contributed by atoms with Gasteiger partial charge in [0.1, 0.15) is 0 Å². The van der Waals surface area contributed by atoms with Crippen LogP contribution in [0.2, 0.25) is 0 Å². The lowest BCUT2D eigenvalue weighted by Gasteiger charge is -2.24. The Hall–Kier alpha value is -1.52. The Morgan fingerprint density at radius 3 is 2.00 bits per heavy atom. The lowest BCUT2D eigenvalue weighted by molar-refractivity contribution is -0.143. The van der Waals surface area contributed by atoms with Crippen LogP contribution in [0.1, 0.15) is 36.8 Å². The predicted molar refractivity (Wildman–Crippen MR) is 59.2 cm³/mol. The van der Waals surface area contributed by atoms with Gasteiger partial charge in [0.25, 0.3) is 0 Å². The fraction of sp³-hybridized carbons (Fsp3) is 0.462. The molecule has 1 aliphatic carbocycles. The first-order valence-corrected chi connectivity index (χ1v) is 5.77. The third kappa shape index (κ3) is 2.09. The Morgan fingerprint density at radius 1 is 1.11 bits per heavy atom. The lowest BCUT2D eigenvalue weighted by Crippen LogP contribution is -2.32. The van der Waals surface area contributed by atoms with Crippen molar-refractivity contribution in [3.63, 3.8) is 0 Å². The molecule has 0 aromatic heterocycles. The van der Waals surface area contributed by atoms with Crippen LogP contribution in [-0.4, -0.2) is 11.1 Å². The van der Waals surface area contributed by atoms with E-state index in [2.05, 4.69) is 0 Å². The topological polar surface area (TPSA) is 37.3 Å². The summed E-state index contributed by atoms with van der Waals surface area (Å²) in [5, 5.41) is 9.32. The van der Waals surface area contributed by atoms with Crippen molar-refractivity contribution in [2.24, 2.45) is 0 Å². The third-order valence-corrected chi connectivity index (χ3v) is 3.63. The van der Waals surface area contributed by atoms with Gasteiger partial charge in [-0.25, -0.2) is 0 Å². The molecule has 0 heterocycles. The van der Waals surface area contributed by atoms with Crippen LogP contribution in [-0.2, 0) is 16.4 Å². The Balaban J connectivity index is 2.36. The van der Waals surface area contributed by atoms with Crippen LogP contribution in [0, 0.1) is 0 Å².